The normalized spacial score (nSPS) is 23.0. The number of carbonyl (C=O) groups excluding carboxylic acids is 1. The SMILES string of the molecule is CC1(C)[CH-]N(c2[c-]ccc3c2oc2ccccc23)C(C)(C)C1.O=C1CCCC2CCCC(O)=C12.[Ir]. The summed E-state index contributed by atoms with van der Waals surface area (Å²) in [5, 5.41) is 11.9. The Morgan fingerprint density at radius 3 is 2.46 bits per heavy atom. The van der Waals surface area contributed by atoms with Crippen molar-refractivity contribution in [3.8, 4) is 0 Å². The van der Waals surface area contributed by atoms with Crippen molar-refractivity contribution < 1.29 is 34.4 Å². The number of aliphatic hydroxyl groups is 1. The van der Waals surface area contributed by atoms with Crippen LogP contribution in [-0.2, 0) is 24.9 Å². The van der Waals surface area contributed by atoms with E-state index in [1.54, 1.807) is 0 Å². The van der Waals surface area contributed by atoms with E-state index in [4.69, 9.17) is 4.42 Å². The van der Waals surface area contributed by atoms with Gasteiger partial charge in [0.1, 0.15) is 5.58 Å². The summed E-state index contributed by atoms with van der Waals surface area (Å²) in [6.07, 6.45) is 6.75. The van der Waals surface area contributed by atoms with Crippen LogP contribution in [0, 0.1) is 23.9 Å². The van der Waals surface area contributed by atoms with Crippen LogP contribution >= 0.6 is 0 Å². The monoisotopic (exact) mass is 650 g/mol. The quantitative estimate of drug-likeness (QED) is 0.272. The van der Waals surface area contributed by atoms with Crippen molar-refractivity contribution >= 4 is 33.4 Å². The maximum atomic E-state index is 11.4. The number of anilines is 1. The van der Waals surface area contributed by atoms with Crippen LogP contribution in [0.25, 0.3) is 21.9 Å². The number of furan rings is 1. The number of para-hydroxylation sites is 1. The molecule has 1 atom stereocenters. The van der Waals surface area contributed by atoms with Gasteiger partial charge in [-0.2, -0.15) is 18.2 Å². The number of fused-ring (bicyclic) bond motifs is 4. The molecule has 189 valence electrons. The van der Waals surface area contributed by atoms with Gasteiger partial charge >= 0.3 is 0 Å². The van der Waals surface area contributed by atoms with Crippen LogP contribution in [0.1, 0.15) is 72.6 Å². The van der Waals surface area contributed by atoms with Gasteiger partial charge in [0.2, 0.25) is 0 Å². The summed E-state index contributed by atoms with van der Waals surface area (Å²) in [6.45, 7) is 11.5. The molecule has 2 heterocycles. The molecule has 4 nitrogen and oxygen atoms in total. The predicted octanol–water partition coefficient (Wildman–Crippen LogP) is 7.91. The number of allylic oxidation sites excluding steroid dienone is 2. The molecule has 2 aromatic carbocycles. The molecular formula is C30H35IrNO3-2. The van der Waals surface area contributed by atoms with E-state index in [-0.39, 0.29) is 36.8 Å². The Balaban J connectivity index is 0.000000189. The number of nitrogens with zero attached hydrogens (tertiary/aromatic N) is 1. The molecular weight excluding hydrogens is 615 g/mol. The zero-order valence-electron chi connectivity index (χ0n) is 21.1. The molecule has 1 aromatic heterocycles. The number of hydrogen-bond donors (Lipinski definition) is 1. The van der Waals surface area contributed by atoms with E-state index in [1.165, 1.54) is 10.8 Å². The number of benzene rings is 2. The Bertz CT molecular complexity index is 1270. The van der Waals surface area contributed by atoms with Gasteiger partial charge in [-0.25, -0.2) is 6.54 Å². The fourth-order valence-corrected chi connectivity index (χ4v) is 6.34. The number of aliphatic hydroxyl groups excluding tert-OH is 1. The van der Waals surface area contributed by atoms with Gasteiger partial charge in [-0.15, -0.1) is 5.41 Å². The van der Waals surface area contributed by atoms with Crippen molar-refractivity contribution in [2.75, 3.05) is 4.90 Å². The van der Waals surface area contributed by atoms with Gasteiger partial charge in [0.05, 0.1) is 5.76 Å². The summed E-state index contributed by atoms with van der Waals surface area (Å²) in [6, 6.07) is 15.7. The zero-order valence-corrected chi connectivity index (χ0v) is 23.5. The molecule has 3 aromatic rings. The van der Waals surface area contributed by atoms with E-state index < -0.39 is 0 Å². The third-order valence-electron chi connectivity index (χ3n) is 7.52. The zero-order chi connectivity index (χ0) is 24.1. The minimum absolute atomic E-state index is 0. The third kappa shape index (κ3) is 4.95. The van der Waals surface area contributed by atoms with Gasteiger partial charge in [0.15, 0.2) is 5.78 Å². The van der Waals surface area contributed by atoms with Crippen LogP contribution in [0.15, 0.2) is 52.1 Å². The Morgan fingerprint density at radius 2 is 1.77 bits per heavy atom. The smallest absolute Gasteiger partial charge is 0.162 e. The Morgan fingerprint density at radius 1 is 1.06 bits per heavy atom. The average Bonchev–Trinajstić information content (AvgIpc) is 3.27. The molecule has 5 heteroatoms. The maximum absolute atomic E-state index is 11.4. The van der Waals surface area contributed by atoms with Crippen LogP contribution in [0.2, 0.25) is 0 Å². The first kappa shape index (κ1) is 26.0. The van der Waals surface area contributed by atoms with Gasteiger partial charge in [-0.05, 0) is 51.5 Å². The minimum Gasteiger partial charge on any atom is -0.535 e. The van der Waals surface area contributed by atoms with E-state index >= 15 is 0 Å². The first-order valence-electron chi connectivity index (χ1n) is 12.6. The summed E-state index contributed by atoms with van der Waals surface area (Å²) < 4.78 is 6.16. The van der Waals surface area contributed by atoms with E-state index in [1.807, 2.05) is 18.2 Å². The van der Waals surface area contributed by atoms with Crippen LogP contribution in [0.5, 0.6) is 0 Å². The average molecular weight is 650 g/mol. The van der Waals surface area contributed by atoms with Crippen molar-refractivity contribution in [3.63, 3.8) is 0 Å². The molecule has 0 amide bonds. The second-order valence-corrected chi connectivity index (χ2v) is 11.4. The van der Waals surface area contributed by atoms with Crippen molar-refractivity contribution in [1.29, 1.82) is 0 Å². The summed E-state index contributed by atoms with van der Waals surface area (Å²) >= 11 is 0. The molecule has 6 rings (SSSR count). The number of carbonyl (C=O) groups is 1. The molecule has 1 unspecified atom stereocenters. The van der Waals surface area contributed by atoms with Crippen LogP contribution in [0.3, 0.4) is 0 Å². The maximum Gasteiger partial charge on any atom is 0.162 e. The molecule has 1 saturated carbocycles. The van der Waals surface area contributed by atoms with Crippen molar-refractivity contribution in [2.24, 2.45) is 11.3 Å². The van der Waals surface area contributed by atoms with Gasteiger partial charge in [-0.1, -0.05) is 49.5 Å². The molecule has 1 saturated heterocycles. The Hall–Kier alpha value is -2.10. The summed E-state index contributed by atoms with van der Waals surface area (Å²) in [5.41, 5.74) is 3.94. The van der Waals surface area contributed by atoms with Crippen LogP contribution in [-0.4, -0.2) is 16.4 Å². The van der Waals surface area contributed by atoms with Crippen molar-refractivity contribution in [2.45, 2.75) is 78.2 Å². The standard InChI is InChI=1S/C20H21NO.C10H14O2.Ir/c1-19(2)12-20(3,4)21(13-19)16-10-7-9-15-14-8-5-6-11-17(14)22-18(15)16;11-8-5-1-3-7-4-2-6-9(12)10(7)8;/h5-9,11,13H,12H2,1-4H3;7,11H,1-6H2;/q-2;;. The first-order valence-corrected chi connectivity index (χ1v) is 12.6. The molecule has 3 aliphatic rings. The second kappa shape index (κ2) is 9.75. The van der Waals surface area contributed by atoms with E-state index in [9.17, 15) is 9.90 Å². The molecule has 2 aliphatic carbocycles. The molecule has 1 N–H and O–H groups in total. The number of hydrogen-bond acceptors (Lipinski definition) is 4. The molecule has 0 bridgehead atoms. The Labute approximate surface area is 222 Å². The summed E-state index contributed by atoms with van der Waals surface area (Å²) in [4.78, 5) is 13.8. The summed E-state index contributed by atoms with van der Waals surface area (Å²) in [7, 11) is 0. The molecule has 2 fully saturated rings. The van der Waals surface area contributed by atoms with Crippen molar-refractivity contribution in [1.82, 2.24) is 0 Å². The molecule has 1 aliphatic heterocycles. The fraction of sp³-hybridized carbons (Fsp3) is 0.467. The number of rotatable bonds is 1. The minimum atomic E-state index is 0. The van der Waals surface area contributed by atoms with Crippen LogP contribution < -0.4 is 4.90 Å². The largest absolute Gasteiger partial charge is 0.535 e. The number of Topliss-reactive ketones (excluding diaryl/α,β-unsaturated/α-hetero) is 1. The van der Waals surface area contributed by atoms with Crippen molar-refractivity contribution in [3.05, 3.63) is 60.3 Å². The molecule has 1 radical (unpaired) electrons. The van der Waals surface area contributed by atoms with Gasteiger partial charge in [-0.3, -0.25) is 4.79 Å². The number of ketones is 1. The van der Waals surface area contributed by atoms with Gasteiger partial charge in [0.25, 0.3) is 0 Å². The molecule has 0 spiro atoms. The second-order valence-electron chi connectivity index (χ2n) is 11.4. The van der Waals surface area contributed by atoms with E-state index in [0.717, 1.165) is 61.0 Å². The summed E-state index contributed by atoms with van der Waals surface area (Å²) in [5.74, 6) is 0.972. The van der Waals surface area contributed by atoms with E-state index in [0.29, 0.717) is 18.1 Å². The fourth-order valence-electron chi connectivity index (χ4n) is 6.34. The third-order valence-corrected chi connectivity index (χ3v) is 7.52. The predicted molar refractivity (Wildman–Crippen MR) is 138 cm³/mol. The van der Waals surface area contributed by atoms with Gasteiger partial charge in [0, 0.05) is 55.0 Å². The topological polar surface area (TPSA) is 53.7 Å². The molecule has 35 heavy (non-hydrogen) atoms. The van der Waals surface area contributed by atoms with E-state index in [2.05, 4.69) is 63.4 Å². The van der Waals surface area contributed by atoms with Gasteiger partial charge < -0.3 is 14.4 Å². The first-order chi connectivity index (χ1) is 16.2. The van der Waals surface area contributed by atoms with Crippen LogP contribution in [0.4, 0.5) is 5.69 Å². The Kier molecular flexibility index (Phi) is 7.23.